The summed E-state index contributed by atoms with van der Waals surface area (Å²) in [5.41, 5.74) is 2.36. The fraction of sp³-hybridized carbons (Fsp3) is 0.438. The molecule has 2 aromatic rings. The second-order valence-corrected chi connectivity index (χ2v) is 5.35. The Morgan fingerprint density at radius 3 is 2.42 bits per heavy atom. The molecular formula is C16H21BrN2. The van der Waals surface area contributed by atoms with Crippen molar-refractivity contribution in [3.63, 3.8) is 0 Å². The van der Waals surface area contributed by atoms with E-state index < -0.39 is 0 Å². The number of nitrogens with zero attached hydrogens (tertiary/aromatic N) is 2. The van der Waals surface area contributed by atoms with Gasteiger partial charge in [0, 0.05) is 29.4 Å². The van der Waals surface area contributed by atoms with Gasteiger partial charge in [-0.1, -0.05) is 48.0 Å². The number of hydrogen-bond donors (Lipinski definition) is 0. The monoisotopic (exact) mass is 320 g/mol. The van der Waals surface area contributed by atoms with Gasteiger partial charge in [-0.3, -0.25) is 0 Å². The quantitative estimate of drug-likeness (QED) is 0.713. The van der Waals surface area contributed by atoms with Gasteiger partial charge in [-0.2, -0.15) is 0 Å². The van der Waals surface area contributed by atoms with Crippen LogP contribution in [0, 0.1) is 0 Å². The molecule has 0 atom stereocenters. The summed E-state index contributed by atoms with van der Waals surface area (Å²) in [6.07, 6.45) is 2.30. The van der Waals surface area contributed by atoms with Crippen molar-refractivity contribution in [3.8, 4) is 0 Å². The SMILES string of the molecule is CCCN(CCC)c1nc2ccccc2cc1CBr. The van der Waals surface area contributed by atoms with Crippen LogP contribution in [0.4, 0.5) is 5.82 Å². The van der Waals surface area contributed by atoms with Crippen LogP contribution in [0.5, 0.6) is 0 Å². The van der Waals surface area contributed by atoms with Crippen LogP contribution in [-0.2, 0) is 5.33 Å². The first-order chi connectivity index (χ1) is 9.30. The molecule has 0 unspecified atom stereocenters. The summed E-state index contributed by atoms with van der Waals surface area (Å²) >= 11 is 3.60. The smallest absolute Gasteiger partial charge is 0.133 e. The summed E-state index contributed by atoms with van der Waals surface area (Å²) in [5.74, 6) is 1.14. The maximum absolute atomic E-state index is 4.88. The number of benzene rings is 1. The summed E-state index contributed by atoms with van der Waals surface area (Å²) in [7, 11) is 0. The first kappa shape index (κ1) is 14.3. The zero-order valence-corrected chi connectivity index (χ0v) is 13.3. The third-order valence-corrected chi connectivity index (χ3v) is 3.81. The molecule has 0 saturated carbocycles. The van der Waals surface area contributed by atoms with Gasteiger partial charge in [0.1, 0.15) is 5.82 Å². The predicted molar refractivity (Wildman–Crippen MR) is 87.2 cm³/mol. The molecule has 0 spiro atoms. The van der Waals surface area contributed by atoms with Crippen molar-refractivity contribution in [2.45, 2.75) is 32.0 Å². The topological polar surface area (TPSA) is 16.1 Å². The lowest BCUT2D eigenvalue weighted by Crippen LogP contribution is -2.27. The lowest BCUT2D eigenvalue weighted by Gasteiger charge is -2.25. The van der Waals surface area contributed by atoms with Gasteiger partial charge in [-0.25, -0.2) is 4.98 Å². The van der Waals surface area contributed by atoms with E-state index in [9.17, 15) is 0 Å². The maximum atomic E-state index is 4.88. The van der Waals surface area contributed by atoms with Gasteiger partial charge in [0.15, 0.2) is 0 Å². The van der Waals surface area contributed by atoms with E-state index in [1.165, 1.54) is 10.9 Å². The predicted octanol–water partition coefficient (Wildman–Crippen LogP) is 4.76. The van der Waals surface area contributed by atoms with Crippen molar-refractivity contribution < 1.29 is 0 Å². The molecule has 102 valence electrons. The van der Waals surface area contributed by atoms with Crippen LogP contribution in [-0.4, -0.2) is 18.1 Å². The van der Waals surface area contributed by atoms with Crippen LogP contribution in [0.25, 0.3) is 10.9 Å². The molecule has 0 bridgehead atoms. The molecule has 0 fully saturated rings. The summed E-state index contributed by atoms with van der Waals surface area (Å²) < 4.78 is 0. The van der Waals surface area contributed by atoms with E-state index in [2.05, 4.69) is 65.0 Å². The average Bonchev–Trinajstić information content (AvgIpc) is 2.45. The average molecular weight is 321 g/mol. The Morgan fingerprint density at radius 1 is 1.11 bits per heavy atom. The van der Waals surface area contributed by atoms with Crippen molar-refractivity contribution in [2.75, 3.05) is 18.0 Å². The number of para-hydroxylation sites is 1. The molecule has 0 radical (unpaired) electrons. The largest absolute Gasteiger partial charge is 0.356 e. The molecule has 0 aliphatic carbocycles. The molecule has 1 heterocycles. The van der Waals surface area contributed by atoms with E-state index in [4.69, 9.17) is 4.98 Å². The number of fused-ring (bicyclic) bond motifs is 1. The fourth-order valence-electron chi connectivity index (χ4n) is 2.39. The number of hydrogen-bond acceptors (Lipinski definition) is 2. The number of anilines is 1. The van der Waals surface area contributed by atoms with Gasteiger partial charge in [0.2, 0.25) is 0 Å². The summed E-state index contributed by atoms with van der Waals surface area (Å²) in [4.78, 5) is 7.29. The standard InChI is InChI=1S/C16H21BrN2/c1-3-9-19(10-4-2)16-14(12-17)11-13-7-5-6-8-15(13)18-16/h5-8,11H,3-4,9-10,12H2,1-2H3. The number of aromatic nitrogens is 1. The molecule has 0 aliphatic rings. The molecule has 1 aromatic heterocycles. The van der Waals surface area contributed by atoms with E-state index >= 15 is 0 Å². The minimum absolute atomic E-state index is 0.851. The molecule has 1 aromatic carbocycles. The zero-order valence-electron chi connectivity index (χ0n) is 11.7. The minimum atomic E-state index is 0.851. The molecular weight excluding hydrogens is 300 g/mol. The summed E-state index contributed by atoms with van der Waals surface area (Å²) in [6.45, 7) is 6.58. The number of alkyl halides is 1. The second kappa shape index (κ2) is 6.90. The highest BCUT2D eigenvalue weighted by Crippen LogP contribution is 2.25. The van der Waals surface area contributed by atoms with Gasteiger partial charge in [-0.05, 0) is 25.0 Å². The Morgan fingerprint density at radius 2 is 1.79 bits per heavy atom. The van der Waals surface area contributed by atoms with Crippen LogP contribution in [0.15, 0.2) is 30.3 Å². The van der Waals surface area contributed by atoms with E-state index in [0.29, 0.717) is 0 Å². The fourth-order valence-corrected chi connectivity index (χ4v) is 2.80. The van der Waals surface area contributed by atoms with Gasteiger partial charge < -0.3 is 4.90 Å². The molecule has 0 saturated heterocycles. The molecule has 2 nitrogen and oxygen atoms in total. The number of pyridine rings is 1. The van der Waals surface area contributed by atoms with Gasteiger partial charge >= 0.3 is 0 Å². The van der Waals surface area contributed by atoms with Gasteiger partial charge in [0.05, 0.1) is 5.52 Å². The van der Waals surface area contributed by atoms with Crippen LogP contribution >= 0.6 is 15.9 Å². The summed E-state index contributed by atoms with van der Waals surface area (Å²) in [5, 5.41) is 2.07. The molecule has 0 aliphatic heterocycles. The Kier molecular flexibility index (Phi) is 5.20. The van der Waals surface area contributed by atoms with E-state index in [1.807, 2.05) is 0 Å². The van der Waals surface area contributed by atoms with Crippen molar-refractivity contribution in [2.24, 2.45) is 0 Å². The Bertz CT molecular complexity index is 533. The third kappa shape index (κ3) is 3.27. The second-order valence-electron chi connectivity index (χ2n) is 4.78. The van der Waals surface area contributed by atoms with Crippen molar-refractivity contribution in [1.29, 1.82) is 0 Å². The Labute approximate surface area is 124 Å². The van der Waals surface area contributed by atoms with E-state index in [1.54, 1.807) is 0 Å². The summed E-state index contributed by atoms with van der Waals surface area (Å²) in [6, 6.07) is 10.6. The van der Waals surface area contributed by atoms with E-state index in [-0.39, 0.29) is 0 Å². The van der Waals surface area contributed by atoms with Crippen LogP contribution in [0.1, 0.15) is 32.3 Å². The number of halogens is 1. The van der Waals surface area contributed by atoms with Crippen molar-refractivity contribution >= 4 is 32.7 Å². The molecule has 2 rings (SSSR count). The molecule has 0 N–H and O–H groups in total. The molecule has 0 amide bonds. The highest BCUT2D eigenvalue weighted by atomic mass is 79.9. The van der Waals surface area contributed by atoms with Crippen LogP contribution < -0.4 is 4.90 Å². The Hall–Kier alpha value is -1.09. The molecule has 3 heteroatoms. The van der Waals surface area contributed by atoms with Crippen molar-refractivity contribution in [3.05, 3.63) is 35.9 Å². The molecule has 19 heavy (non-hydrogen) atoms. The zero-order chi connectivity index (χ0) is 13.7. The maximum Gasteiger partial charge on any atom is 0.133 e. The first-order valence-electron chi connectivity index (χ1n) is 6.99. The van der Waals surface area contributed by atoms with Crippen molar-refractivity contribution in [1.82, 2.24) is 4.98 Å². The minimum Gasteiger partial charge on any atom is -0.356 e. The first-order valence-corrected chi connectivity index (χ1v) is 8.11. The van der Waals surface area contributed by atoms with E-state index in [0.717, 1.165) is 42.6 Å². The van der Waals surface area contributed by atoms with Gasteiger partial charge in [0.25, 0.3) is 0 Å². The van der Waals surface area contributed by atoms with Crippen LogP contribution in [0.3, 0.4) is 0 Å². The lowest BCUT2D eigenvalue weighted by atomic mass is 10.1. The Balaban J connectivity index is 2.49. The highest BCUT2D eigenvalue weighted by Gasteiger charge is 2.12. The normalized spacial score (nSPS) is 10.9. The van der Waals surface area contributed by atoms with Gasteiger partial charge in [-0.15, -0.1) is 0 Å². The number of rotatable bonds is 6. The highest BCUT2D eigenvalue weighted by molar-refractivity contribution is 9.08. The third-order valence-electron chi connectivity index (χ3n) is 3.21. The van der Waals surface area contributed by atoms with Crippen LogP contribution in [0.2, 0.25) is 0 Å². The lowest BCUT2D eigenvalue weighted by molar-refractivity contribution is 0.733.